The highest BCUT2D eigenvalue weighted by Crippen LogP contribution is 1.98. The first kappa shape index (κ1) is 13.4. The van der Waals surface area contributed by atoms with Gasteiger partial charge in [0.25, 0.3) is 0 Å². The van der Waals surface area contributed by atoms with E-state index in [0.29, 0.717) is 6.54 Å². The summed E-state index contributed by atoms with van der Waals surface area (Å²) in [5, 5.41) is 11.7. The van der Waals surface area contributed by atoms with Crippen LogP contribution >= 0.6 is 0 Å². The van der Waals surface area contributed by atoms with Crippen LogP contribution in [0.15, 0.2) is 0 Å². The van der Waals surface area contributed by atoms with Crippen molar-refractivity contribution >= 4 is 5.91 Å². The maximum absolute atomic E-state index is 10.7. The number of amides is 1. The molecule has 1 unspecified atom stereocenters. The van der Waals surface area contributed by atoms with Gasteiger partial charge < -0.3 is 16.2 Å². The van der Waals surface area contributed by atoms with Gasteiger partial charge in [-0.3, -0.25) is 4.79 Å². The van der Waals surface area contributed by atoms with Gasteiger partial charge in [0.05, 0.1) is 0 Å². The van der Waals surface area contributed by atoms with Crippen molar-refractivity contribution in [1.29, 1.82) is 0 Å². The van der Waals surface area contributed by atoms with Crippen LogP contribution in [-0.2, 0) is 4.79 Å². The second kappa shape index (κ2) is 8.97. The fourth-order valence-corrected chi connectivity index (χ4v) is 1.13. The number of nitrogens with two attached hydrogens (primary N) is 1. The van der Waals surface area contributed by atoms with Crippen LogP contribution in [0.3, 0.4) is 0 Å². The van der Waals surface area contributed by atoms with Gasteiger partial charge in [0.1, 0.15) is 0 Å². The zero-order valence-corrected chi connectivity index (χ0v) is 8.96. The Hall–Kier alpha value is -0.610. The molecule has 0 rings (SSSR count). The first-order chi connectivity index (χ1) is 6.68. The molecule has 0 aromatic rings. The largest absolute Gasteiger partial charge is 0.396 e. The zero-order chi connectivity index (χ0) is 10.8. The molecule has 0 bridgehead atoms. The first-order valence-corrected chi connectivity index (χ1v) is 5.29. The Morgan fingerprint density at radius 2 is 2.00 bits per heavy atom. The fourth-order valence-electron chi connectivity index (χ4n) is 1.13. The summed E-state index contributed by atoms with van der Waals surface area (Å²) in [5.74, 6) is -0.342. The lowest BCUT2D eigenvalue weighted by atomic mass is 10.1. The molecule has 4 heteroatoms. The Kier molecular flexibility index (Phi) is 8.57. The molecule has 4 nitrogen and oxygen atoms in total. The molecule has 0 aromatic carbocycles. The van der Waals surface area contributed by atoms with Gasteiger partial charge in [-0.15, -0.1) is 0 Å². The third-order valence-electron chi connectivity index (χ3n) is 2.20. The van der Waals surface area contributed by atoms with Gasteiger partial charge in [-0.2, -0.15) is 0 Å². The van der Waals surface area contributed by atoms with Crippen molar-refractivity contribution in [3.8, 4) is 0 Å². The number of hydrogen-bond acceptors (Lipinski definition) is 3. The Bertz CT molecular complexity index is 151. The van der Waals surface area contributed by atoms with Crippen molar-refractivity contribution in [2.75, 3.05) is 19.7 Å². The molecule has 84 valence electrons. The number of primary amides is 1. The van der Waals surface area contributed by atoms with Gasteiger partial charge in [-0.25, -0.2) is 0 Å². The summed E-state index contributed by atoms with van der Waals surface area (Å²) in [7, 11) is 0. The van der Waals surface area contributed by atoms with E-state index in [9.17, 15) is 4.79 Å². The summed E-state index contributed by atoms with van der Waals surface area (Å²) in [4.78, 5) is 10.7. The molecular weight excluding hydrogens is 180 g/mol. The van der Waals surface area contributed by atoms with Gasteiger partial charge in [0.2, 0.25) is 5.91 Å². The van der Waals surface area contributed by atoms with Crippen molar-refractivity contribution in [3.63, 3.8) is 0 Å². The number of aliphatic hydroxyl groups excluding tert-OH is 1. The van der Waals surface area contributed by atoms with E-state index in [2.05, 4.69) is 5.32 Å². The number of rotatable bonds is 9. The van der Waals surface area contributed by atoms with Gasteiger partial charge in [0.15, 0.2) is 0 Å². The average Bonchev–Trinajstić information content (AvgIpc) is 2.16. The van der Waals surface area contributed by atoms with E-state index in [1.165, 1.54) is 0 Å². The Morgan fingerprint density at radius 3 is 2.57 bits per heavy atom. The number of nitrogens with one attached hydrogen (secondary N) is 1. The first-order valence-electron chi connectivity index (χ1n) is 5.29. The minimum atomic E-state index is -0.252. The van der Waals surface area contributed by atoms with Crippen molar-refractivity contribution in [2.24, 2.45) is 11.7 Å². The van der Waals surface area contributed by atoms with Crippen molar-refractivity contribution < 1.29 is 9.90 Å². The molecule has 0 spiro atoms. The summed E-state index contributed by atoms with van der Waals surface area (Å²) in [6.07, 6.45) is 4.17. The Morgan fingerprint density at radius 1 is 1.36 bits per heavy atom. The highest BCUT2D eigenvalue weighted by molar-refractivity contribution is 5.76. The zero-order valence-electron chi connectivity index (χ0n) is 8.96. The van der Waals surface area contributed by atoms with E-state index in [0.717, 1.165) is 32.2 Å². The average molecular weight is 202 g/mol. The maximum atomic E-state index is 10.7. The molecule has 0 saturated heterocycles. The van der Waals surface area contributed by atoms with Crippen molar-refractivity contribution in [2.45, 2.75) is 32.6 Å². The van der Waals surface area contributed by atoms with Crippen LogP contribution in [0.2, 0.25) is 0 Å². The highest BCUT2D eigenvalue weighted by atomic mass is 16.2. The molecule has 1 atom stereocenters. The van der Waals surface area contributed by atoms with Crippen LogP contribution in [-0.4, -0.2) is 30.7 Å². The van der Waals surface area contributed by atoms with E-state index in [1.54, 1.807) is 0 Å². The summed E-state index contributed by atoms with van der Waals surface area (Å²) in [6, 6.07) is 0. The van der Waals surface area contributed by atoms with Gasteiger partial charge in [-0.05, 0) is 19.4 Å². The van der Waals surface area contributed by atoms with Crippen LogP contribution in [0.25, 0.3) is 0 Å². The van der Waals surface area contributed by atoms with Crippen LogP contribution < -0.4 is 11.1 Å². The third-order valence-corrected chi connectivity index (χ3v) is 2.20. The van der Waals surface area contributed by atoms with E-state index < -0.39 is 0 Å². The smallest absolute Gasteiger partial charge is 0.221 e. The van der Waals surface area contributed by atoms with Crippen LogP contribution in [0.5, 0.6) is 0 Å². The third kappa shape index (κ3) is 8.01. The standard InChI is InChI=1S/C10H22N2O2/c1-9(10(11)14)8-12-6-4-2-3-5-7-13/h9,12-13H,2-8H2,1H3,(H2,11,14). The Balaban J connectivity index is 3.09. The summed E-state index contributed by atoms with van der Waals surface area (Å²) in [6.45, 7) is 3.69. The lowest BCUT2D eigenvalue weighted by Gasteiger charge is -2.08. The van der Waals surface area contributed by atoms with Crippen molar-refractivity contribution in [3.05, 3.63) is 0 Å². The predicted molar refractivity (Wildman–Crippen MR) is 56.8 cm³/mol. The molecule has 0 radical (unpaired) electrons. The van der Waals surface area contributed by atoms with Crippen LogP contribution in [0, 0.1) is 5.92 Å². The molecule has 0 fully saturated rings. The minimum absolute atomic E-state index is 0.0903. The quantitative estimate of drug-likeness (QED) is 0.469. The molecule has 14 heavy (non-hydrogen) atoms. The molecule has 0 aliphatic heterocycles. The van der Waals surface area contributed by atoms with Crippen molar-refractivity contribution in [1.82, 2.24) is 5.32 Å². The molecule has 1 amide bonds. The molecule has 0 aliphatic carbocycles. The lowest BCUT2D eigenvalue weighted by molar-refractivity contribution is -0.121. The summed E-state index contributed by atoms with van der Waals surface area (Å²) in [5.41, 5.74) is 5.11. The normalized spacial score (nSPS) is 12.7. The molecular formula is C10H22N2O2. The fraction of sp³-hybridized carbons (Fsp3) is 0.900. The number of unbranched alkanes of at least 4 members (excludes halogenated alkanes) is 3. The SMILES string of the molecule is CC(CNCCCCCCO)C(N)=O. The number of carbonyl (C=O) groups excluding carboxylic acids is 1. The summed E-state index contributed by atoms with van der Waals surface area (Å²) >= 11 is 0. The van der Waals surface area contributed by atoms with E-state index in [-0.39, 0.29) is 18.4 Å². The number of aliphatic hydroxyl groups is 1. The maximum Gasteiger partial charge on any atom is 0.221 e. The van der Waals surface area contributed by atoms with Gasteiger partial charge in [-0.1, -0.05) is 19.8 Å². The minimum Gasteiger partial charge on any atom is -0.396 e. The lowest BCUT2D eigenvalue weighted by Crippen LogP contribution is -2.31. The second-order valence-corrected chi connectivity index (χ2v) is 3.65. The van der Waals surface area contributed by atoms with Crippen LogP contribution in [0.1, 0.15) is 32.6 Å². The number of carbonyl (C=O) groups is 1. The number of hydrogen-bond donors (Lipinski definition) is 3. The van der Waals surface area contributed by atoms with Gasteiger partial charge >= 0.3 is 0 Å². The van der Waals surface area contributed by atoms with E-state index >= 15 is 0 Å². The summed E-state index contributed by atoms with van der Waals surface area (Å²) < 4.78 is 0. The van der Waals surface area contributed by atoms with Gasteiger partial charge in [0, 0.05) is 19.1 Å². The van der Waals surface area contributed by atoms with Crippen LogP contribution in [0.4, 0.5) is 0 Å². The predicted octanol–water partition coefficient (Wildman–Crippen LogP) is 0.250. The molecule has 4 N–H and O–H groups in total. The van der Waals surface area contributed by atoms with E-state index in [1.807, 2.05) is 6.92 Å². The highest BCUT2D eigenvalue weighted by Gasteiger charge is 2.06. The van der Waals surface area contributed by atoms with E-state index in [4.69, 9.17) is 10.8 Å². The molecule has 0 heterocycles. The topological polar surface area (TPSA) is 75.3 Å². The molecule has 0 saturated carbocycles. The molecule has 0 aliphatic rings. The molecule has 0 aromatic heterocycles. The monoisotopic (exact) mass is 202 g/mol. The second-order valence-electron chi connectivity index (χ2n) is 3.65. The Labute approximate surface area is 85.9 Å².